The van der Waals surface area contributed by atoms with Gasteiger partial charge in [0.25, 0.3) is 0 Å². The lowest BCUT2D eigenvalue weighted by molar-refractivity contribution is 0.0916. The molecule has 0 radical (unpaired) electrons. The molecule has 46 heavy (non-hydrogen) atoms. The summed E-state index contributed by atoms with van der Waals surface area (Å²) >= 11 is 1.69. The second kappa shape index (κ2) is 13.4. The normalized spacial score (nSPS) is 14.5. The van der Waals surface area contributed by atoms with Gasteiger partial charge in [-0.1, -0.05) is 80.9 Å². The number of anilines is 2. The number of thiophene rings is 1. The number of benzene rings is 3. The van der Waals surface area contributed by atoms with Crippen LogP contribution in [0.15, 0.2) is 96.4 Å². The van der Waals surface area contributed by atoms with Gasteiger partial charge in [0.1, 0.15) is 5.82 Å². The van der Waals surface area contributed by atoms with Gasteiger partial charge in [0.05, 0.1) is 17.3 Å². The number of piperidine rings is 1. The van der Waals surface area contributed by atoms with Crippen LogP contribution in [0.3, 0.4) is 0 Å². The summed E-state index contributed by atoms with van der Waals surface area (Å²) in [5.74, 6) is 0.718. The molecule has 8 heteroatoms. The van der Waals surface area contributed by atoms with E-state index in [1.807, 2.05) is 91.9 Å². The van der Waals surface area contributed by atoms with E-state index in [-0.39, 0.29) is 29.1 Å². The van der Waals surface area contributed by atoms with Crippen LogP contribution in [0, 0.1) is 12.8 Å². The topological polar surface area (TPSA) is 88.1 Å². The number of Topliss-reactive ketones (excluding diaryl/α,β-unsaturated/α-hetero) is 1. The molecule has 1 atom stereocenters. The summed E-state index contributed by atoms with van der Waals surface area (Å²) in [6, 6.07) is 29.5. The van der Waals surface area contributed by atoms with Gasteiger partial charge in [0.2, 0.25) is 0 Å². The first-order valence-corrected chi connectivity index (χ1v) is 16.8. The molecule has 236 valence electrons. The molecule has 0 bridgehead atoms. The van der Waals surface area contributed by atoms with Gasteiger partial charge >= 0.3 is 6.03 Å². The van der Waals surface area contributed by atoms with E-state index in [4.69, 9.17) is 5.10 Å². The van der Waals surface area contributed by atoms with Crippen molar-refractivity contribution in [3.05, 3.63) is 119 Å². The first-order chi connectivity index (χ1) is 22.2. The van der Waals surface area contributed by atoms with Crippen LogP contribution < -0.4 is 16.0 Å². The fourth-order valence-electron chi connectivity index (χ4n) is 6.01. The molecule has 1 fully saturated rings. The van der Waals surface area contributed by atoms with E-state index >= 15 is 0 Å². The van der Waals surface area contributed by atoms with Crippen molar-refractivity contribution in [1.29, 1.82) is 0 Å². The number of aromatic nitrogens is 2. The number of nitrogens with zero attached hydrogens (tertiary/aromatic N) is 2. The lowest BCUT2D eigenvalue weighted by Crippen LogP contribution is -2.33. The van der Waals surface area contributed by atoms with Gasteiger partial charge in [0, 0.05) is 27.6 Å². The Morgan fingerprint density at radius 2 is 1.61 bits per heavy atom. The molecule has 5 aromatic rings. The third-order valence-electron chi connectivity index (χ3n) is 8.64. The summed E-state index contributed by atoms with van der Waals surface area (Å²) in [6.45, 7) is 10.1. The van der Waals surface area contributed by atoms with Crippen LogP contribution in [0.25, 0.3) is 16.1 Å². The second-order valence-electron chi connectivity index (χ2n) is 13.1. The van der Waals surface area contributed by atoms with Gasteiger partial charge in [-0.15, -0.1) is 11.3 Å². The zero-order valence-electron chi connectivity index (χ0n) is 26.8. The zero-order chi connectivity index (χ0) is 32.3. The number of hydrogen-bond donors (Lipinski definition) is 3. The molecular weight excluding hydrogens is 591 g/mol. The molecule has 1 unspecified atom stereocenters. The maximum absolute atomic E-state index is 14.0. The van der Waals surface area contributed by atoms with Gasteiger partial charge in [0.15, 0.2) is 5.78 Å². The Morgan fingerprint density at radius 3 is 2.24 bits per heavy atom. The highest BCUT2D eigenvalue weighted by atomic mass is 32.1. The van der Waals surface area contributed by atoms with Gasteiger partial charge in [-0.05, 0) is 85.6 Å². The summed E-state index contributed by atoms with van der Waals surface area (Å²) in [6.07, 6.45) is 1.88. The smallest absolute Gasteiger partial charge is 0.317 e. The van der Waals surface area contributed by atoms with Crippen LogP contribution in [0.5, 0.6) is 0 Å². The molecule has 0 spiro atoms. The Bertz CT molecular complexity index is 1780. The van der Waals surface area contributed by atoms with Crippen LogP contribution >= 0.6 is 11.3 Å². The van der Waals surface area contributed by atoms with Crippen LogP contribution in [0.1, 0.15) is 66.7 Å². The minimum atomic E-state index is -0.363. The Hall–Kier alpha value is -4.53. The molecule has 6 rings (SSSR count). The fourth-order valence-corrected chi connectivity index (χ4v) is 6.74. The van der Waals surface area contributed by atoms with Crippen molar-refractivity contribution in [2.75, 3.05) is 23.7 Å². The minimum Gasteiger partial charge on any atom is -0.317 e. The average Bonchev–Trinajstić information content (AvgIpc) is 3.74. The minimum absolute atomic E-state index is 0.141. The molecule has 1 saturated heterocycles. The van der Waals surface area contributed by atoms with Gasteiger partial charge in [-0.25, -0.2) is 9.48 Å². The Kier molecular flexibility index (Phi) is 9.20. The maximum Gasteiger partial charge on any atom is 0.324 e. The van der Waals surface area contributed by atoms with Crippen molar-refractivity contribution in [3.63, 3.8) is 0 Å². The Labute approximate surface area is 275 Å². The lowest BCUT2D eigenvalue weighted by atomic mass is 9.76. The molecule has 1 aliphatic rings. The molecule has 3 heterocycles. The number of carbonyl (C=O) groups excluding carboxylic acids is 2. The molecule has 3 N–H and O–H groups in total. The van der Waals surface area contributed by atoms with Crippen molar-refractivity contribution in [1.82, 2.24) is 15.1 Å². The summed E-state index contributed by atoms with van der Waals surface area (Å²) in [5, 5.41) is 16.3. The number of hydrogen-bond acceptors (Lipinski definition) is 5. The number of nitrogens with one attached hydrogen (secondary N) is 3. The van der Waals surface area contributed by atoms with Crippen molar-refractivity contribution < 1.29 is 9.59 Å². The molecule has 1 aliphatic heterocycles. The predicted molar refractivity (Wildman–Crippen MR) is 189 cm³/mol. The third kappa shape index (κ3) is 7.14. The quantitative estimate of drug-likeness (QED) is 0.149. The lowest BCUT2D eigenvalue weighted by Gasteiger charge is -2.30. The molecular formula is C38H41N5O2S. The molecule has 0 saturated carbocycles. The monoisotopic (exact) mass is 631 g/mol. The third-order valence-corrected chi connectivity index (χ3v) is 9.56. The van der Waals surface area contributed by atoms with E-state index in [9.17, 15) is 9.59 Å². The van der Waals surface area contributed by atoms with E-state index < -0.39 is 0 Å². The summed E-state index contributed by atoms with van der Waals surface area (Å²) in [5.41, 5.74) is 6.18. The van der Waals surface area contributed by atoms with Crippen LogP contribution in [-0.4, -0.2) is 34.7 Å². The summed E-state index contributed by atoms with van der Waals surface area (Å²) < 4.78 is 1.77. The zero-order valence-corrected chi connectivity index (χ0v) is 27.7. The van der Waals surface area contributed by atoms with E-state index in [0.29, 0.717) is 11.5 Å². The Balaban J connectivity index is 1.20. The standard InChI is InChI=1S/C38H41N5O2S/c1-25-7-17-31(18-8-25)43-34(24-33(42-43)38(2,3)4)41-37(45)40-30-15-13-27(14-16-30)35(28-19-21-39-22-20-28)36(44)29-11-9-26(10-12-29)32-6-5-23-46-32/h5-18,23-24,28,35,39H,19-22H2,1-4H3,(H2,40,41,45). The summed E-state index contributed by atoms with van der Waals surface area (Å²) in [4.78, 5) is 28.5. The highest BCUT2D eigenvalue weighted by Gasteiger charge is 2.31. The largest absolute Gasteiger partial charge is 0.324 e. The molecule has 2 aromatic heterocycles. The maximum atomic E-state index is 14.0. The highest BCUT2D eigenvalue weighted by Crippen LogP contribution is 2.36. The number of aryl methyl sites for hydroxylation is 1. The summed E-state index contributed by atoms with van der Waals surface area (Å²) in [7, 11) is 0. The van der Waals surface area contributed by atoms with E-state index in [1.54, 1.807) is 16.0 Å². The van der Waals surface area contributed by atoms with E-state index in [1.165, 1.54) is 4.88 Å². The molecule has 0 aliphatic carbocycles. The second-order valence-corrected chi connectivity index (χ2v) is 14.0. The van der Waals surface area contributed by atoms with Crippen molar-refractivity contribution in [2.24, 2.45) is 5.92 Å². The number of amides is 2. The fraction of sp³-hybridized carbons (Fsp3) is 0.289. The highest BCUT2D eigenvalue weighted by molar-refractivity contribution is 7.13. The number of carbonyl (C=O) groups is 2. The van der Waals surface area contributed by atoms with Crippen LogP contribution in [-0.2, 0) is 5.41 Å². The number of rotatable bonds is 8. The number of ketones is 1. The van der Waals surface area contributed by atoms with Crippen molar-refractivity contribution in [2.45, 2.75) is 51.9 Å². The van der Waals surface area contributed by atoms with Gasteiger partial charge in [-0.3, -0.25) is 10.1 Å². The molecule has 2 amide bonds. The predicted octanol–water partition coefficient (Wildman–Crippen LogP) is 8.82. The van der Waals surface area contributed by atoms with Gasteiger partial charge in [-0.2, -0.15) is 5.10 Å². The molecule has 7 nitrogen and oxygen atoms in total. The first kappa shape index (κ1) is 31.5. The van der Waals surface area contributed by atoms with Crippen LogP contribution in [0.4, 0.5) is 16.3 Å². The van der Waals surface area contributed by atoms with Crippen molar-refractivity contribution in [3.8, 4) is 16.1 Å². The SMILES string of the molecule is Cc1ccc(-n2nc(C(C)(C)C)cc2NC(=O)Nc2ccc(C(C(=O)c3ccc(-c4cccs4)cc3)C3CCNCC3)cc2)cc1. The Morgan fingerprint density at radius 1 is 0.913 bits per heavy atom. The van der Waals surface area contributed by atoms with Crippen molar-refractivity contribution >= 4 is 34.7 Å². The van der Waals surface area contributed by atoms with Crippen LogP contribution in [0.2, 0.25) is 0 Å². The van der Waals surface area contributed by atoms with E-state index in [0.717, 1.165) is 59.6 Å². The number of urea groups is 1. The average molecular weight is 632 g/mol. The molecule has 3 aromatic carbocycles. The first-order valence-electron chi connectivity index (χ1n) is 15.9. The van der Waals surface area contributed by atoms with E-state index in [2.05, 4.69) is 48.2 Å². The van der Waals surface area contributed by atoms with Gasteiger partial charge < -0.3 is 10.6 Å².